The van der Waals surface area contributed by atoms with Crippen LogP contribution >= 0.6 is 0 Å². The van der Waals surface area contributed by atoms with Crippen molar-refractivity contribution in [1.82, 2.24) is 9.97 Å². The molecule has 0 saturated carbocycles. The molecule has 4 nitrogen and oxygen atoms in total. The predicted octanol–water partition coefficient (Wildman–Crippen LogP) is 2.56. The van der Waals surface area contributed by atoms with Crippen molar-refractivity contribution in [2.45, 2.75) is 13.8 Å². The molecule has 1 heterocycles. The molecular weight excluding hydrogens is 219 g/mol. The maximum Gasteiger partial charge on any atom is 0.146 e. The predicted molar refractivity (Wildman–Crippen MR) is 65.6 cm³/mol. The van der Waals surface area contributed by atoms with Crippen LogP contribution in [0.2, 0.25) is 0 Å². The lowest BCUT2D eigenvalue weighted by molar-refractivity contribution is 0.630. The molecule has 17 heavy (non-hydrogen) atoms. The SMILES string of the molecule is Cc1cccc(F)c1Nc1ncnc(N)c1C. The number of para-hydroxylation sites is 1. The molecule has 0 fully saturated rings. The summed E-state index contributed by atoms with van der Waals surface area (Å²) in [7, 11) is 0. The summed E-state index contributed by atoms with van der Waals surface area (Å²) in [6.45, 7) is 3.61. The van der Waals surface area contributed by atoms with E-state index in [1.54, 1.807) is 13.0 Å². The van der Waals surface area contributed by atoms with Gasteiger partial charge in [0.05, 0.1) is 5.69 Å². The van der Waals surface area contributed by atoms with Crippen molar-refractivity contribution in [1.29, 1.82) is 0 Å². The zero-order chi connectivity index (χ0) is 12.4. The second-order valence-corrected chi connectivity index (χ2v) is 3.79. The van der Waals surface area contributed by atoms with Crippen molar-refractivity contribution in [3.05, 3.63) is 41.5 Å². The van der Waals surface area contributed by atoms with Gasteiger partial charge in [-0.05, 0) is 25.5 Å². The molecule has 2 rings (SSSR count). The minimum absolute atomic E-state index is 0.318. The minimum Gasteiger partial charge on any atom is -0.383 e. The fourth-order valence-corrected chi connectivity index (χ4v) is 1.50. The Hall–Kier alpha value is -2.17. The van der Waals surface area contributed by atoms with E-state index < -0.39 is 0 Å². The van der Waals surface area contributed by atoms with Crippen LogP contribution in [-0.2, 0) is 0 Å². The molecule has 2 aromatic rings. The summed E-state index contributed by atoms with van der Waals surface area (Å²) >= 11 is 0. The number of nitrogen functional groups attached to an aromatic ring is 1. The van der Waals surface area contributed by atoms with Crippen LogP contribution in [0.25, 0.3) is 0 Å². The Morgan fingerprint density at radius 2 is 2.00 bits per heavy atom. The highest BCUT2D eigenvalue weighted by Crippen LogP contribution is 2.25. The van der Waals surface area contributed by atoms with Crippen LogP contribution in [0.4, 0.5) is 21.7 Å². The van der Waals surface area contributed by atoms with E-state index >= 15 is 0 Å². The lowest BCUT2D eigenvalue weighted by Crippen LogP contribution is -2.04. The van der Waals surface area contributed by atoms with Crippen LogP contribution in [0.15, 0.2) is 24.5 Å². The second-order valence-electron chi connectivity index (χ2n) is 3.79. The summed E-state index contributed by atoms with van der Waals surface area (Å²) in [5.41, 5.74) is 7.59. The van der Waals surface area contributed by atoms with Crippen molar-refractivity contribution in [3.63, 3.8) is 0 Å². The van der Waals surface area contributed by atoms with Crippen LogP contribution in [-0.4, -0.2) is 9.97 Å². The van der Waals surface area contributed by atoms with Crippen LogP contribution in [0.1, 0.15) is 11.1 Å². The number of anilines is 3. The van der Waals surface area contributed by atoms with Gasteiger partial charge in [0, 0.05) is 5.56 Å². The standard InChI is InChI=1S/C12H13FN4/c1-7-4-3-5-9(13)10(7)17-12-8(2)11(14)15-6-16-12/h3-6H,1-2H3,(H3,14,15,16,17). The zero-order valence-corrected chi connectivity index (χ0v) is 9.66. The van der Waals surface area contributed by atoms with Crippen LogP contribution in [0.5, 0.6) is 0 Å². The molecule has 0 saturated heterocycles. The molecule has 88 valence electrons. The second kappa shape index (κ2) is 4.37. The number of hydrogen-bond acceptors (Lipinski definition) is 4. The summed E-state index contributed by atoms with van der Waals surface area (Å²) in [5, 5.41) is 2.94. The molecule has 0 bridgehead atoms. The summed E-state index contributed by atoms with van der Waals surface area (Å²) < 4.78 is 13.6. The van der Waals surface area contributed by atoms with Crippen molar-refractivity contribution in [2.24, 2.45) is 0 Å². The number of aromatic nitrogens is 2. The third-order valence-corrected chi connectivity index (χ3v) is 2.59. The third kappa shape index (κ3) is 2.18. The summed E-state index contributed by atoms with van der Waals surface area (Å²) in [6, 6.07) is 4.89. The number of halogens is 1. The van der Waals surface area contributed by atoms with Gasteiger partial charge in [-0.2, -0.15) is 0 Å². The van der Waals surface area contributed by atoms with Crippen molar-refractivity contribution in [2.75, 3.05) is 11.1 Å². The van der Waals surface area contributed by atoms with E-state index in [0.717, 1.165) is 5.56 Å². The maximum atomic E-state index is 13.6. The van der Waals surface area contributed by atoms with Gasteiger partial charge in [0.25, 0.3) is 0 Å². The summed E-state index contributed by atoms with van der Waals surface area (Å²) in [6.07, 6.45) is 1.35. The quantitative estimate of drug-likeness (QED) is 0.835. The van der Waals surface area contributed by atoms with Gasteiger partial charge in [0.1, 0.15) is 23.8 Å². The van der Waals surface area contributed by atoms with E-state index in [1.165, 1.54) is 12.4 Å². The van der Waals surface area contributed by atoms with Crippen molar-refractivity contribution in [3.8, 4) is 0 Å². The van der Waals surface area contributed by atoms with Gasteiger partial charge >= 0.3 is 0 Å². The Kier molecular flexibility index (Phi) is 2.91. The third-order valence-electron chi connectivity index (χ3n) is 2.59. The largest absolute Gasteiger partial charge is 0.383 e. The molecule has 3 N–H and O–H groups in total. The van der Waals surface area contributed by atoms with Crippen molar-refractivity contribution < 1.29 is 4.39 Å². The molecule has 0 spiro atoms. The molecule has 1 aromatic carbocycles. The van der Waals surface area contributed by atoms with Crippen LogP contribution in [0.3, 0.4) is 0 Å². The van der Waals surface area contributed by atoms with E-state index in [1.807, 2.05) is 13.0 Å². The highest BCUT2D eigenvalue weighted by Gasteiger charge is 2.09. The number of nitrogens with two attached hydrogens (primary N) is 1. The molecular formula is C12H13FN4. The van der Waals surface area contributed by atoms with Gasteiger partial charge in [-0.3, -0.25) is 0 Å². The first-order valence-electron chi connectivity index (χ1n) is 5.19. The topological polar surface area (TPSA) is 63.8 Å². The van der Waals surface area contributed by atoms with Crippen LogP contribution in [0, 0.1) is 19.7 Å². The Balaban J connectivity index is 2.42. The molecule has 0 radical (unpaired) electrons. The van der Waals surface area contributed by atoms with Gasteiger partial charge in [-0.25, -0.2) is 14.4 Å². The zero-order valence-electron chi connectivity index (χ0n) is 9.66. The molecule has 5 heteroatoms. The molecule has 0 unspecified atom stereocenters. The molecule has 0 atom stereocenters. The van der Waals surface area contributed by atoms with E-state index in [4.69, 9.17) is 5.73 Å². The molecule has 0 amide bonds. The normalized spacial score (nSPS) is 10.3. The number of nitrogens with one attached hydrogen (secondary N) is 1. The Labute approximate surface area is 98.7 Å². The molecule has 0 aliphatic carbocycles. The molecule has 1 aromatic heterocycles. The van der Waals surface area contributed by atoms with E-state index in [0.29, 0.717) is 22.9 Å². The van der Waals surface area contributed by atoms with Gasteiger partial charge in [0.15, 0.2) is 0 Å². The van der Waals surface area contributed by atoms with Crippen LogP contribution < -0.4 is 11.1 Å². The minimum atomic E-state index is -0.318. The molecule has 0 aliphatic heterocycles. The van der Waals surface area contributed by atoms with Gasteiger partial charge in [-0.1, -0.05) is 12.1 Å². The highest BCUT2D eigenvalue weighted by atomic mass is 19.1. The Morgan fingerprint density at radius 3 is 2.71 bits per heavy atom. The van der Waals surface area contributed by atoms with Crippen molar-refractivity contribution >= 4 is 17.3 Å². The Bertz CT molecular complexity index is 534. The highest BCUT2D eigenvalue weighted by molar-refractivity contribution is 5.65. The number of hydrogen-bond donors (Lipinski definition) is 2. The van der Waals surface area contributed by atoms with E-state index in [2.05, 4.69) is 15.3 Å². The first-order chi connectivity index (χ1) is 8.09. The fraction of sp³-hybridized carbons (Fsp3) is 0.167. The average Bonchev–Trinajstić information content (AvgIpc) is 2.29. The van der Waals surface area contributed by atoms with Gasteiger partial charge < -0.3 is 11.1 Å². The van der Waals surface area contributed by atoms with Gasteiger partial charge in [0.2, 0.25) is 0 Å². The first-order valence-corrected chi connectivity index (χ1v) is 5.19. The lowest BCUT2D eigenvalue weighted by atomic mass is 10.2. The number of rotatable bonds is 2. The van der Waals surface area contributed by atoms with E-state index in [9.17, 15) is 4.39 Å². The number of nitrogens with zero attached hydrogens (tertiary/aromatic N) is 2. The lowest BCUT2D eigenvalue weighted by Gasteiger charge is -2.12. The van der Waals surface area contributed by atoms with E-state index in [-0.39, 0.29) is 5.82 Å². The smallest absolute Gasteiger partial charge is 0.146 e. The number of benzene rings is 1. The summed E-state index contributed by atoms with van der Waals surface area (Å²) in [4.78, 5) is 7.91. The fourth-order valence-electron chi connectivity index (χ4n) is 1.50. The maximum absolute atomic E-state index is 13.6. The molecule has 0 aliphatic rings. The average molecular weight is 232 g/mol. The summed E-state index contributed by atoms with van der Waals surface area (Å²) in [5.74, 6) is 0.587. The Morgan fingerprint density at radius 1 is 1.24 bits per heavy atom. The van der Waals surface area contributed by atoms with Gasteiger partial charge in [-0.15, -0.1) is 0 Å². The first kappa shape index (κ1) is 11.3. The monoisotopic (exact) mass is 232 g/mol. The number of aryl methyl sites for hydroxylation is 1.